The number of fused-ring (bicyclic) bond motifs is 3. The average molecular weight is 1230 g/mol. The first-order valence-corrected chi connectivity index (χ1v) is 30.2. The lowest BCUT2D eigenvalue weighted by Crippen LogP contribution is -2.18. The lowest BCUT2D eigenvalue weighted by atomic mass is 9.97. The van der Waals surface area contributed by atoms with Crippen LogP contribution in [0, 0.1) is 13.8 Å². The highest BCUT2D eigenvalue weighted by Gasteiger charge is 2.21. The van der Waals surface area contributed by atoms with E-state index in [-0.39, 0.29) is 39.8 Å². The smallest absolute Gasteiger partial charge is 0.331 e. The summed E-state index contributed by atoms with van der Waals surface area (Å²) in [5.41, 5.74) is 9.40. The largest absolute Gasteiger partial charge is 0.411 e. The van der Waals surface area contributed by atoms with Gasteiger partial charge in [-0.1, -0.05) is 82.0 Å². The highest BCUT2D eigenvalue weighted by Crippen LogP contribution is 2.33. The van der Waals surface area contributed by atoms with Crippen LogP contribution in [0.5, 0.6) is 0 Å². The molecule has 0 bridgehead atoms. The minimum atomic E-state index is -0.591. The van der Waals surface area contributed by atoms with Crippen LogP contribution in [0.3, 0.4) is 0 Å². The summed E-state index contributed by atoms with van der Waals surface area (Å²) in [4.78, 5) is 82.5. The standard InChI is InChI=1S/C34H31ClN2O4S.C32H27ClN2O3S.C2H3ClO/c1-4-37(28-15-9-25(10-16-28)33(39)31-8-6-5-7-23(31)2)29-17-11-26(12-18-29)34(40)32(36-41-24(3)38)21-22-42-30-19-13-27(35)14-20-30;1-3-35-29-14-8-21(31(36)25-7-5-4-6-20(25)2)18-26(29)27-19-22(9-15-30(27)35)32(37)28(34-38)16-17-39-24-12-10-23(33)11-13-24;1-2(3)4/h5-20H,4,21-22H2,1-3H3;4-15,18-19,38H,3,16-17H2,1-2H3;1H3/b36-32+;34-28+;. The van der Waals surface area contributed by atoms with Crippen LogP contribution in [0.4, 0.5) is 11.4 Å². The average Bonchev–Trinajstić information content (AvgIpc) is 1.72. The third-order valence-electron chi connectivity index (χ3n) is 13.5. The Labute approximate surface area is 517 Å². The molecule has 0 unspecified atom stereocenters. The highest BCUT2D eigenvalue weighted by molar-refractivity contribution is 7.99. The zero-order valence-corrected chi connectivity index (χ0v) is 51.5. The lowest BCUT2D eigenvalue weighted by molar-refractivity contribution is -0.140. The number of Topliss-reactive ketones (excluding diaryl/α,β-unsaturated/α-hetero) is 2. The number of oxime groups is 2. The van der Waals surface area contributed by atoms with E-state index < -0.39 is 5.97 Å². The molecule has 8 aromatic carbocycles. The Bertz CT molecular complexity index is 3940. The van der Waals surface area contributed by atoms with Gasteiger partial charge in [-0.25, -0.2) is 4.79 Å². The third-order valence-corrected chi connectivity index (χ3v) is 16.0. The van der Waals surface area contributed by atoms with Crippen molar-refractivity contribution >= 4 is 137 Å². The number of hydrogen-bond acceptors (Lipinski definition) is 13. The molecular weight excluding hydrogens is 1170 g/mol. The molecule has 0 amide bonds. The summed E-state index contributed by atoms with van der Waals surface area (Å²) >= 11 is 19.7. The molecule has 12 nitrogen and oxygen atoms in total. The van der Waals surface area contributed by atoms with Gasteiger partial charge in [0.1, 0.15) is 11.4 Å². The van der Waals surface area contributed by atoms with Crippen molar-refractivity contribution in [2.75, 3.05) is 23.0 Å². The third kappa shape index (κ3) is 17.3. The first-order valence-electron chi connectivity index (χ1n) is 27.1. The summed E-state index contributed by atoms with van der Waals surface area (Å²) in [5, 5.41) is 19.6. The van der Waals surface area contributed by atoms with Crippen LogP contribution in [0.15, 0.2) is 202 Å². The SMILES string of the molecule is CC(=O)Cl.CCN(c1ccc(C(=O)/C(CCSc2ccc(Cl)cc2)=N/OC(C)=O)cc1)c1ccc(C(=O)c2ccccc2C)cc1.CCn1c2ccc(C(=O)/C(CCSc3ccc(Cl)cc3)=N/O)cc2c2cc(C(=O)c3ccccc3C)ccc21. The molecular formula is C68H61Cl3N4O8S2. The molecule has 1 N–H and O–H groups in total. The van der Waals surface area contributed by atoms with Gasteiger partial charge in [-0.15, -0.1) is 23.5 Å². The minimum absolute atomic E-state index is 0.0108. The fourth-order valence-corrected chi connectivity index (χ4v) is 11.2. The molecule has 85 heavy (non-hydrogen) atoms. The summed E-state index contributed by atoms with van der Waals surface area (Å²) in [7, 11) is 0. The fourth-order valence-electron chi connectivity index (χ4n) is 9.25. The Morgan fingerprint density at radius 2 is 0.953 bits per heavy atom. The quantitative estimate of drug-likeness (QED) is 0.0138. The van der Waals surface area contributed by atoms with Gasteiger partial charge < -0.3 is 19.5 Å². The summed E-state index contributed by atoms with van der Waals surface area (Å²) in [6.07, 6.45) is 0.627. The van der Waals surface area contributed by atoms with Gasteiger partial charge in [0.2, 0.25) is 16.8 Å². The maximum absolute atomic E-state index is 13.3. The number of rotatable bonds is 21. The summed E-state index contributed by atoms with van der Waals surface area (Å²) < 4.78 is 2.17. The van der Waals surface area contributed by atoms with Gasteiger partial charge in [0.25, 0.3) is 0 Å². The van der Waals surface area contributed by atoms with E-state index in [0.29, 0.717) is 74.3 Å². The Kier molecular flexibility index (Phi) is 23.6. The van der Waals surface area contributed by atoms with Crippen LogP contribution in [0.2, 0.25) is 10.0 Å². The topological polar surface area (TPSA) is 165 Å². The summed E-state index contributed by atoms with van der Waals surface area (Å²) in [5.74, 6) is -0.115. The molecule has 1 aromatic heterocycles. The predicted octanol–water partition coefficient (Wildman–Crippen LogP) is 17.3. The van der Waals surface area contributed by atoms with Gasteiger partial charge >= 0.3 is 5.97 Å². The molecule has 0 radical (unpaired) electrons. The molecule has 9 rings (SSSR count). The van der Waals surface area contributed by atoms with E-state index >= 15 is 0 Å². The minimum Gasteiger partial charge on any atom is -0.411 e. The van der Waals surface area contributed by atoms with Crippen LogP contribution in [0.25, 0.3) is 21.8 Å². The van der Waals surface area contributed by atoms with Crippen LogP contribution in [0.1, 0.15) is 104 Å². The Morgan fingerprint density at radius 1 is 0.541 bits per heavy atom. The van der Waals surface area contributed by atoms with E-state index in [9.17, 15) is 34.0 Å². The van der Waals surface area contributed by atoms with E-state index in [2.05, 4.69) is 38.3 Å². The predicted molar refractivity (Wildman–Crippen MR) is 347 cm³/mol. The van der Waals surface area contributed by atoms with Crippen molar-refractivity contribution in [2.45, 2.75) is 70.7 Å². The number of anilines is 2. The first-order chi connectivity index (χ1) is 40.9. The number of halogens is 3. The molecule has 0 saturated carbocycles. The van der Waals surface area contributed by atoms with E-state index in [0.717, 1.165) is 60.6 Å². The molecule has 9 aromatic rings. The molecule has 434 valence electrons. The number of aryl methyl sites for hydroxylation is 3. The van der Waals surface area contributed by atoms with Crippen molar-refractivity contribution in [3.8, 4) is 0 Å². The lowest BCUT2D eigenvalue weighted by Gasteiger charge is -2.24. The number of thioether (sulfide) groups is 2. The number of carbonyl (C=O) groups is 6. The van der Waals surface area contributed by atoms with Crippen LogP contribution in [-0.2, 0) is 21.0 Å². The monoisotopic (exact) mass is 1230 g/mol. The number of ketones is 4. The molecule has 0 aliphatic carbocycles. The van der Waals surface area contributed by atoms with Crippen molar-refractivity contribution in [3.63, 3.8) is 0 Å². The van der Waals surface area contributed by atoms with Gasteiger partial charge in [0.05, 0.1) is 0 Å². The second-order valence-electron chi connectivity index (χ2n) is 19.2. The molecule has 17 heteroatoms. The highest BCUT2D eigenvalue weighted by atomic mass is 35.5. The van der Waals surface area contributed by atoms with Crippen molar-refractivity contribution in [3.05, 3.63) is 237 Å². The first kappa shape index (κ1) is 64.5. The van der Waals surface area contributed by atoms with Crippen LogP contribution < -0.4 is 4.90 Å². The van der Waals surface area contributed by atoms with Gasteiger partial charge in [0.15, 0.2) is 11.6 Å². The molecule has 0 atom stereocenters. The molecule has 0 aliphatic rings. The number of aromatic nitrogens is 1. The molecule has 0 fully saturated rings. The zero-order chi connectivity index (χ0) is 61.2. The van der Waals surface area contributed by atoms with E-state index in [1.54, 1.807) is 41.7 Å². The van der Waals surface area contributed by atoms with Crippen molar-refractivity contribution in [2.24, 2.45) is 10.3 Å². The van der Waals surface area contributed by atoms with E-state index in [1.165, 1.54) is 13.8 Å². The molecule has 0 saturated heterocycles. The number of benzene rings is 8. The Hall–Kier alpha value is -8.11. The molecule has 0 spiro atoms. The fraction of sp³-hybridized carbons (Fsp3) is 0.176. The van der Waals surface area contributed by atoms with Gasteiger partial charge in [0, 0.05) is 138 Å². The Balaban J connectivity index is 0.000000230. The van der Waals surface area contributed by atoms with E-state index in [1.807, 2.05) is 185 Å². The number of nitrogens with zero attached hydrogens (tertiary/aromatic N) is 4. The number of hydrogen-bond donors (Lipinski definition) is 1. The van der Waals surface area contributed by atoms with Gasteiger partial charge in [-0.05, 0) is 184 Å². The van der Waals surface area contributed by atoms with Crippen molar-refractivity contribution in [1.82, 2.24) is 4.57 Å². The summed E-state index contributed by atoms with van der Waals surface area (Å²) in [6.45, 7) is 11.9. The van der Waals surface area contributed by atoms with Gasteiger partial charge in [-0.3, -0.25) is 24.0 Å². The molecule has 1 heterocycles. The zero-order valence-electron chi connectivity index (χ0n) is 47.6. The van der Waals surface area contributed by atoms with E-state index in [4.69, 9.17) is 28.0 Å². The molecule has 0 aliphatic heterocycles. The maximum atomic E-state index is 13.3. The van der Waals surface area contributed by atoms with Crippen LogP contribution in [-0.4, -0.2) is 73.6 Å². The summed E-state index contributed by atoms with van der Waals surface area (Å²) in [6, 6.07) is 56.1. The maximum Gasteiger partial charge on any atom is 0.331 e. The second kappa shape index (κ2) is 31.2. The van der Waals surface area contributed by atoms with Gasteiger partial charge in [-0.2, -0.15) is 0 Å². The van der Waals surface area contributed by atoms with Crippen molar-refractivity contribution in [1.29, 1.82) is 0 Å². The van der Waals surface area contributed by atoms with Crippen LogP contribution >= 0.6 is 58.3 Å². The normalized spacial score (nSPS) is 11.3. The number of carbonyl (C=O) groups excluding carboxylic acids is 6. The second-order valence-corrected chi connectivity index (χ2v) is 23.0. The van der Waals surface area contributed by atoms with Crippen molar-refractivity contribution < 1.29 is 38.8 Å². The Morgan fingerprint density at radius 3 is 1.40 bits per heavy atom.